The first-order valence-corrected chi connectivity index (χ1v) is 10.2. The van der Waals surface area contributed by atoms with Gasteiger partial charge in [-0.1, -0.05) is 53.5 Å². The van der Waals surface area contributed by atoms with E-state index in [0.29, 0.717) is 11.6 Å². The van der Waals surface area contributed by atoms with Crippen molar-refractivity contribution in [3.05, 3.63) is 70.2 Å². The van der Waals surface area contributed by atoms with Gasteiger partial charge in [-0.25, -0.2) is 0 Å². The summed E-state index contributed by atoms with van der Waals surface area (Å²) in [5.41, 5.74) is 2.82. The predicted octanol–water partition coefficient (Wildman–Crippen LogP) is 5.62. The van der Waals surface area contributed by atoms with Crippen molar-refractivity contribution in [3.63, 3.8) is 0 Å². The fourth-order valence-electron chi connectivity index (χ4n) is 3.67. The Kier molecular flexibility index (Phi) is 5.69. The first-order valence-electron chi connectivity index (χ1n) is 9.41. The maximum atomic E-state index is 9.70. The summed E-state index contributed by atoms with van der Waals surface area (Å²) in [6, 6.07) is 17.9. The number of hydrogen-bond donors (Lipinski definition) is 1. The topological polar surface area (TPSA) is 49.2 Å². The van der Waals surface area contributed by atoms with Crippen LogP contribution in [-0.2, 0) is 6.42 Å². The molecule has 3 aromatic rings. The lowest BCUT2D eigenvalue weighted by molar-refractivity contribution is 0.402. The summed E-state index contributed by atoms with van der Waals surface area (Å²) < 4.78 is 0. The Labute approximate surface area is 174 Å². The van der Waals surface area contributed by atoms with Gasteiger partial charge < -0.3 is 10.0 Å². The van der Waals surface area contributed by atoms with Gasteiger partial charge in [-0.2, -0.15) is 0 Å². The number of hydrogen-bond acceptors (Lipinski definition) is 4. The molecule has 6 heteroatoms. The smallest absolute Gasteiger partial charge is 0.152 e. The Morgan fingerprint density at radius 1 is 0.929 bits per heavy atom. The minimum atomic E-state index is -0.116. The second-order valence-electron chi connectivity index (χ2n) is 7.19. The van der Waals surface area contributed by atoms with E-state index in [0.717, 1.165) is 43.7 Å². The molecule has 1 aliphatic rings. The van der Waals surface area contributed by atoms with Crippen LogP contribution in [0.5, 0.6) is 5.75 Å². The van der Waals surface area contributed by atoms with Crippen molar-refractivity contribution in [2.45, 2.75) is 19.3 Å². The van der Waals surface area contributed by atoms with E-state index in [2.05, 4.69) is 45.4 Å². The van der Waals surface area contributed by atoms with Crippen LogP contribution in [0.3, 0.4) is 0 Å². The first-order chi connectivity index (χ1) is 13.6. The Hall–Kier alpha value is -2.30. The highest BCUT2D eigenvalue weighted by Crippen LogP contribution is 2.36. The van der Waals surface area contributed by atoms with Gasteiger partial charge in [-0.3, -0.25) is 0 Å². The molecular weight excluding hydrogens is 393 g/mol. The molecule has 4 rings (SSSR count). The lowest BCUT2D eigenvalue weighted by Gasteiger charge is -2.32. The Bertz CT molecular complexity index is 917. The Balaban J connectivity index is 1.40. The molecule has 0 unspecified atom stereocenters. The monoisotopic (exact) mass is 413 g/mol. The molecule has 0 saturated carbocycles. The number of anilines is 1. The van der Waals surface area contributed by atoms with Crippen molar-refractivity contribution >= 4 is 29.0 Å². The normalized spacial score (nSPS) is 15.0. The number of phenolic OH excluding ortho intramolecular Hbond substituents is 1. The third kappa shape index (κ3) is 4.23. The zero-order valence-electron chi connectivity index (χ0n) is 15.4. The molecule has 0 aliphatic carbocycles. The molecule has 2 aromatic carbocycles. The summed E-state index contributed by atoms with van der Waals surface area (Å²) in [7, 11) is 0. The van der Waals surface area contributed by atoms with Gasteiger partial charge in [0.2, 0.25) is 0 Å². The Morgan fingerprint density at radius 2 is 1.61 bits per heavy atom. The predicted molar refractivity (Wildman–Crippen MR) is 114 cm³/mol. The number of rotatable bonds is 4. The fraction of sp³-hybridized carbons (Fsp3) is 0.273. The van der Waals surface area contributed by atoms with Gasteiger partial charge in [0.1, 0.15) is 0 Å². The molecule has 0 spiro atoms. The molecule has 28 heavy (non-hydrogen) atoms. The average Bonchev–Trinajstić information content (AvgIpc) is 2.73. The Morgan fingerprint density at radius 3 is 2.21 bits per heavy atom. The van der Waals surface area contributed by atoms with Gasteiger partial charge in [0.05, 0.1) is 15.7 Å². The third-order valence-corrected chi connectivity index (χ3v) is 5.85. The largest absolute Gasteiger partial charge is 0.505 e. The van der Waals surface area contributed by atoms with Crippen LogP contribution in [0.2, 0.25) is 10.0 Å². The van der Waals surface area contributed by atoms with Crippen LogP contribution in [0, 0.1) is 5.92 Å². The fourth-order valence-corrected chi connectivity index (χ4v) is 4.16. The highest BCUT2D eigenvalue weighted by Gasteiger charge is 2.21. The molecule has 1 saturated heterocycles. The molecule has 0 radical (unpaired) electrons. The molecule has 4 nitrogen and oxygen atoms in total. The van der Waals surface area contributed by atoms with Crippen molar-refractivity contribution in [2.75, 3.05) is 18.0 Å². The maximum absolute atomic E-state index is 9.70. The van der Waals surface area contributed by atoms with Crippen LogP contribution in [0.25, 0.3) is 11.3 Å². The number of halogens is 2. The van der Waals surface area contributed by atoms with Crippen molar-refractivity contribution in [1.82, 2.24) is 10.2 Å². The van der Waals surface area contributed by atoms with Crippen LogP contribution in [-0.4, -0.2) is 28.4 Å². The molecule has 2 heterocycles. The van der Waals surface area contributed by atoms with E-state index < -0.39 is 0 Å². The lowest BCUT2D eigenvalue weighted by Crippen LogP contribution is -2.35. The zero-order chi connectivity index (χ0) is 19.5. The van der Waals surface area contributed by atoms with Crippen molar-refractivity contribution in [2.24, 2.45) is 5.92 Å². The number of phenols is 1. The summed E-state index contributed by atoms with van der Waals surface area (Å²) in [6.45, 7) is 1.98. The zero-order valence-corrected chi connectivity index (χ0v) is 16.9. The molecular formula is C22H21Cl2N3O. The maximum Gasteiger partial charge on any atom is 0.152 e. The summed E-state index contributed by atoms with van der Waals surface area (Å²) >= 11 is 12.0. The highest BCUT2D eigenvalue weighted by atomic mass is 35.5. The SMILES string of the molecule is Oc1c(Cl)cc(-c2ccc(N3CCC(Cc4ccccc4)CC3)nn2)cc1Cl. The van der Waals surface area contributed by atoms with Gasteiger partial charge in [0.15, 0.2) is 11.6 Å². The number of piperidine rings is 1. The lowest BCUT2D eigenvalue weighted by atomic mass is 9.90. The average molecular weight is 414 g/mol. The van der Waals surface area contributed by atoms with E-state index in [1.807, 2.05) is 12.1 Å². The van der Waals surface area contributed by atoms with Crippen LogP contribution in [0.4, 0.5) is 5.82 Å². The van der Waals surface area contributed by atoms with Crippen LogP contribution in [0.15, 0.2) is 54.6 Å². The minimum Gasteiger partial charge on any atom is -0.505 e. The van der Waals surface area contributed by atoms with Crippen molar-refractivity contribution in [1.29, 1.82) is 0 Å². The second-order valence-corrected chi connectivity index (χ2v) is 8.00. The van der Waals surface area contributed by atoms with Crippen LogP contribution in [0.1, 0.15) is 18.4 Å². The van der Waals surface area contributed by atoms with E-state index >= 15 is 0 Å². The van der Waals surface area contributed by atoms with Gasteiger partial charge in [-0.05, 0) is 55.0 Å². The molecule has 0 amide bonds. The van der Waals surface area contributed by atoms with E-state index in [4.69, 9.17) is 23.2 Å². The van der Waals surface area contributed by atoms with Gasteiger partial charge in [0, 0.05) is 18.7 Å². The summed E-state index contributed by atoms with van der Waals surface area (Å²) in [4.78, 5) is 2.29. The quantitative estimate of drug-likeness (QED) is 0.603. The molecule has 0 atom stereocenters. The van der Waals surface area contributed by atoms with E-state index in [9.17, 15) is 5.11 Å². The summed E-state index contributed by atoms with van der Waals surface area (Å²) in [5.74, 6) is 1.49. The van der Waals surface area contributed by atoms with Crippen molar-refractivity contribution < 1.29 is 5.11 Å². The molecule has 1 aliphatic heterocycles. The van der Waals surface area contributed by atoms with Gasteiger partial charge in [0.25, 0.3) is 0 Å². The van der Waals surface area contributed by atoms with Crippen LogP contribution < -0.4 is 4.90 Å². The second kappa shape index (κ2) is 8.38. The summed E-state index contributed by atoms with van der Waals surface area (Å²) in [5, 5.41) is 18.8. The molecule has 1 N–H and O–H groups in total. The number of nitrogens with zero attached hydrogens (tertiary/aromatic N) is 3. The number of aromatic nitrogens is 2. The van der Waals surface area contributed by atoms with Gasteiger partial charge >= 0.3 is 0 Å². The number of benzene rings is 2. The van der Waals surface area contributed by atoms with E-state index in [1.165, 1.54) is 5.56 Å². The van der Waals surface area contributed by atoms with Gasteiger partial charge in [-0.15, -0.1) is 10.2 Å². The standard InChI is InChI=1S/C22H21Cl2N3O/c23-18-13-17(14-19(24)22(18)28)20-6-7-21(26-25-20)27-10-8-16(9-11-27)12-15-4-2-1-3-5-15/h1-7,13-14,16,28H,8-12H2. The van der Waals surface area contributed by atoms with E-state index in [-0.39, 0.29) is 15.8 Å². The van der Waals surface area contributed by atoms with E-state index in [1.54, 1.807) is 12.1 Å². The number of aromatic hydroxyl groups is 1. The minimum absolute atomic E-state index is 0.116. The molecule has 1 aromatic heterocycles. The molecule has 1 fully saturated rings. The third-order valence-electron chi connectivity index (χ3n) is 5.27. The summed E-state index contributed by atoms with van der Waals surface area (Å²) in [6.07, 6.45) is 3.45. The highest BCUT2D eigenvalue weighted by molar-refractivity contribution is 6.37. The first kappa shape index (κ1) is 19.0. The molecule has 0 bridgehead atoms. The van der Waals surface area contributed by atoms with Crippen LogP contribution >= 0.6 is 23.2 Å². The molecule has 144 valence electrons. The van der Waals surface area contributed by atoms with Crippen molar-refractivity contribution in [3.8, 4) is 17.0 Å².